The average molecular weight is 282 g/mol. The summed E-state index contributed by atoms with van der Waals surface area (Å²) >= 11 is 0. The molecule has 1 aromatic carbocycles. The molecule has 0 bridgehead atoms. The van der Waals surface area contributed by atoms with Crippen LogP contribution in [-0.4, -0.2) is 31.9 Å². The van der Waals surface area contributed by atoms with Crippen LogP contribution in [0, 0.1) is 6.92 Å². The first-order valence-corrected chi connectivity index (χ1v) is 8.03. The second-order valence-electron chi connectivity index (χ2n) is 4.96. The van der Waals surface area contributed by atoms with Crippen LogP contribution in [0.25, 0.3) is 0 Å². The fourth-order valence-corrected chi connectivity index (χ4v) is 3.90. The number of amides is 1. The molecule has 1 aliphatic heterocycles. The van der Waals surface area contributed by atoms with Crippen molar-refractivity contribution in [2.45, 2.75) is 26.3 Å². The molecular formula is C13H18N2O3S. The van der Waals surface area contributed by atoms with Gasteiger partial charge in [0, 0.05) is 24.3 Å². The molecule has 0 aromatic heterocycles. The van der Waals surface area contributed by atoms with E-state index in [0.29, 0.717) is 6.42 Å². The molecule has 0 spiro atoms. The summed E-state index contributed by atoms with van der Waals surface area (Å²) < 4.78 is 22.8. The minimum Gasteiger partial charge on any atom is -0.381 e. The fraction of sp³-hybridized carbons (Fsp3) is 0.462. The first kappa shape index (κ1) is 13.9. The van der Waals surface area contributed by atoms with Crippen molar-refractivity contribution in [2.75, 3.05) is 22.1 Å². The molecular weight excluding hydrogens is 264 g/mol. The highest BCUT2D eigenvalue weighted by Crippen LogP contribution is 2.22. The van der Waals surface area contributed by atoms with Crippen molar-refractivity contribution in [3.63, 3.8) is 0 Å². The van der Waals surface area contributed by atoms with Crippen LogP contribution in [0.4, 0.5) is 11.4 Å². The highest BCUT2D eigenvalue weighted by molar-refractivity contribution is 7.91. The normalized spacial score (nSPS) is 21.1. The Morgan fingerprint density at radius 2 is 2.11 bits per heavy atom. The van der Waals surface area contributed by atoms with Crippen LogP contribution in [0.2, 0.25) is 0 Å². The van der Waals surface area contributed by atoms with Crippen molar-refractivity contribution in [1.82, 2.24) is 0 Å². The van der Waals surface area contributed by atoms with Gasteiger partial charge < -0.3 is 10.6 Å². The molecule has 1 heterocycles. The number of hydrogen-bond donors (Lipinski definition) is 2. The minimum atomic E-state index is -2.87. The van der Waals surface area contributed by atoms with Crippen LogP contribution in [0.3, 0.4) is 0 Å². The zero-order valence-electron chi connectivity index (χ0n) is 11.1. The van der Waals surface area contributed by atoms with Crippen molar-refractivity contribution in [1.29, 1.82) is 0 Å². The summed E-state index contributed by atoms with van der Waals surface area (Å²) in [4.78, 5) is 11.0. The Bertz CT molecular complexity index is 596. The molecule has 1 aromatic rings. The Morgan fingerprint density at radius 1 is 1.37 bits per heavy atom. The maximum absolute atomic E-state index is 11.4. The van der Waals surface area contributed by atoms with E-state index in [0.717, 1.165) is 16.9 Å². The van der Waals surface area contributed by atoms with E-state index in [9.17, 15) is 13.2 Å². The van der Waals surface area contributed by atoms with Crippen LogP contribution in [0.15, 0.2) is 18.2 Å². The van der Waals surface area contributed by atoms with Crippen molar-refractivity contribution in [2.24, 2.45) is 0 Å². The summed E-state index contributed by atoms with van der Waals surface area (Å²) in [5.74, 6) is 0.346. The number of benzene rings is 1. The lowest BCUT2D eigenvalue weighted by molar-refractivity contribution is -0.114. The molecule has 6 heteroatoms. The van der Waals surface area contributed by atoms with Gasteiger partial charge in [-0.2, -0.15) is 0 Å². The average Bonchev–Trinajstić information content (AvgIpc) is 2.61. The molecule has 2 N–H and O–H groups in total. The summed E-state index contributed by atoms with van der Waals surface area (Å²) in [5, 5.41) is 5.97. The van der Waals surface area contributed by atoms with Gasteiger partial charge in [0.1, 0.15) is 0 Å². The number of hydrogen-bond acceptors (Lipinski definition) is 4. The third-order valence-corrected chi connectivity index (χ3v) is 4.91. The van der Waals surface area contributed by atoms with Gasteiger partial charge in [-0.05, 0) is 37.1 Å². The van der Waals surface area contributed by atoms with Gasteiger partial charge >= 0.3 is 0 Å². The summed E-state index contributed by atoms with van der Waals surface area (Å²) in [6.45, 7) is 3.37. The maximum atomic E-state index is 11.4. The number of anilines is 2. The molecule has 1 saturated heterocycles. The molecule has 1 atom stereocenters. The summed E-state index contributed by atoms with van der Waals surface area (Å²) in [5.41, 5.74) is 2.60. The quantitative estimate of drug-likeness (QED) is 0.882. The second-order valence-corrected chi connectivity index (χ2v) is 7.18. The molecule has 1 amide bonds. The largest absolute Gasteiger partial charge is 0.381 e. The van der Waals surface area contributed by atoms with E-state index in [-0.39, 0.29) is 23.5 Å². The molecule has 2 rings (SSSR count). The second kappa shape index (κ2) is 5.21. The van der Waals surface area contributed by atoms with Gasteiger partial charge in [0.15, 0.2) is 9.84 Å². The van der Waals surface area contributed by atoms with E-state index < -0.39 is 9.84 Å². The van der Waals surface area contributed by atoms with Crippen LogP contribution in [0.1, 0.15) is 18.9 Å². The first-order chi connectivity index (χ1) is 8.85. The van der Waals surface area contributed by atoms with Crippen LogP contribution in [-0.2, 0) is 14.6 Å². The number of sulfone groups is 1. The van der Waals surface area contributed by atoms with Gasteiger partial charge in [-0.1, -0.05) is 0 Å². The third-order valence-electron chi connectivity index (χ3n) is 3.14. The Labute approximate surface area is 113 Å². The van der Waals surface area contributed by atoms with E-state index in [4.69, 9.17) is 0 Å². The van der Waals surface area contributed by atoms with E-state index in [1.54, 1.807) is 0 Å². The molecule has 5 nitrogen and oxygen atoms in total. The molecule has 0 aliphatic carbocycles. The van der Waals surface area contributed by atoms with Gasteiger partial charge in [0.25, 0.3) is 0 Å². The van der Waals surface area contributed by atoms with E-state index in [1.807, 2.05) is 25.1 Å². The van der Waals surface area contributed by atoms with Crippen LogP contribution < -0.4 is 10.6 Å². The zero-order valence-corrected chi connectivity index (χ0v) is 11.9. The number of aryl methyl sites for hydroxylation is 1. The van der Waals surface area contributed by atoms with Gasteiger partial charge in [0.05, 0.1) is 11.5 Å². The summed E-state index contributed by atoms with van der Waals surface area (Å²) in [6.07, 6.45) is 0.648. The molecule has 0 saturated carbocycles. The first-order valence-electron chi connectivity index (χ1n) is 6.21. The lowest BCUT2D eigenvalue weighted by atomic mass is 10.1. The third kappa shape index (κ3) is 3.70. The van der Waals surface area contributed by atoms with Gasteiger partial charge in [-0.25, -0.2) is 8.42 Å². The highest BCUT2D eigenvalue weighted by atomic mass is 32.2. The van der Waals surface area contributed by atoms with E-state index in [2.05, 4.69) is 10.6 Å². The van der Waals surface area contributed by atoms with E-state index in [1.165, 1.54) is 6.92 Å². The lowest BCUT2D eigenvalue weighted by Crippen LogP contribution is -2.20. The van der Waals surface area contributed by atoms with Crippen molar-refractivity contribution >= 4 is 27.1 Å². The Kier molecular flexibility index (Phi) is 3.80. The number of carbonyl (C=O) groups is 1. The van der Waals surface area contributed by atoms with Crippen molar-refractivity contribution < 1.29 is 13.2 Å². The zero-order chi connectivity index (χ0) is 14.0. The molecule has 0 radical (unpaired) electrons. The smallest absolute Gasteiger partial charge is 0.221 e. The number of rotatable bonds is 3. The molecule has 1 fully saturated rings. The Balaban J connectivity index is 2.06. The van der Waals surface area contributed by atoms with Crippen molar-refractivity contribution in [3.05, 3.63) is 23.8 Å². The molecule has 1 unspecified atom stereocenters. The Morgan fingerprint density at radius 3 is 2.63 bits per heavy atom. The lowest BCUT2D eigenvalue weighted by Gasteiger charge is -2.14. The van der Waals surface area contributed by atoms with Crippen LogP contribution >= 0.6 is 0 Å². The number of carbonyl (C=O) groups excluding carboxylic acids is 1. The topological polar surface area (TPSA) is 75.3 Å². The highest BCUT2D eigenvalue weighted by Gasteiger charge is 2.27. The molecule has 1 aliphatic rings. The summed E-state index contributed by atoms with van der Waals surface area (Å²) in [6, 6.07) is 5.57. The van der Waals surface area contributed by atoms with Crippen molar-refractivity contribution in [3.8, 4) is 0 Å². The summed E-state index contributed by atoms with van der Waals surface area (Å²) in [7, 11) is -2.87. The van der Waals surface area contributed by atoms with Gasteiger partial charge in [-0.3, -0.25) is 4.79 Å². The van der Waals surface area contributed by atoms with Gasteiger partial charge in [0.2, 0.25) is 5.91 Å². The standard InChI is InChI=1S/C13H18N2O3S/c1-9-7-11(3-4-13(9)14-10(2)16)15-12-5-6-19(17,18)8-12/h3-4,7,12,15H,5-6,8H2,1-2H3,(H,14,16). The fourth-order valence-electron chi connectivity index (χ4n) is 2.23. The molecule has 19 heavy (non-hydrogen) atoms. The predicted octanol–water partition coefficient (Wildman–Crippen LogP) is 1.55. The van der Waals surface area contributed by atoms with Crippen LogP contribution in [0.5, 0.6) is 0 Å². The number of nitrogens with one attached hydrogen (secondary N) is 2. The van der Waals surface area contributed by atoms with E-state index >= 15 is 0 Å². The molecule has 104 valence electrons. The predicted molar refractivity (Wildman–Crippen MR) is 76.2 cm³/mol. The Hall–Kier alpha value is -1.56. The maximum Gasteiger partial charge on any atom is 0.221 e. The minimum absolute atomic E-state index is 0.0176. The monoisotopic (exact) mass is 282 g/mol. The van der Waals surface area contributed by atoms with Gasteiger partial charge in [-0.15, -0.1) is 0 Å². The SMILES string of the molecule is CC(=O)Nc1ccc(NC2CCS(=O)(=O)C2)cc1C.